The monoisotopic (exact) mass is 268 g/mol. The maximum absolute atomic E-state index is 9.17. The second kappa shape index (κ2) is 7.06. The molecular formula is C15H16N4O. The van der Waals surface area contributed by atoms with Crippen LogP contribution in [0.1, 0.15) is 6.92 Å². The highest BCUT2D eigenvalue weighted by Gasteiger charge is 2.02. The van der Waals surface area contributed by atoms with E-state index in [1.807, 2.05) is 60.7 Å². The molecular weight excluding hydrogens is 252 g/mol. The highest BCUT2D eigenvalue weighted by atomic mass is 16.5. The van der Waals surface area contributed by atoms with Crippen molar-refractivity contribution < 1.29 is 5.21 Å². The van der Waals surface area contributed by atoms with Crippen LogP contribution in [0.25, 0.3) is 0 Å². The third-order valence-electron chi connectivity index (χ3n) is 2.57. The summed E-state index contributed by atoms with van der Waals surface area (Å²) >= 11 is 0. The van der Waals surface area contributed by atoms with E-state index >= 15 is 0 Å². The van der Waals surface area contributed by atoms with Crippen LogP contribution in [0.4, 0.5) is 11.4 Å². The van der Waals surface area contributed by atoms with Gasteiger partial charge < -0.3 is 0 Å². The van der Waals surface area contributed by atoms with E-state index in [4.69, 9.17) is 5.21 Å². The number of nitrogens with one attached hydrogen (secondary N) is 2. The van der Waals surface area contributed by atoms with E-state index in [0.29, 0.717) is 11.5 Å². The van der Waals surface area contributed by atoms with E-state index in [1.54, 1.807) is 6.92 Å². The molecule has 2 aromatic rings. The Hall–Kier alpha value is -2.66. The lowest BCUT2D eigenvalue weighted by molar-refractivity contribution is 0.236. The highest BCUT2D eigenvalue weighted by molar-refractivity contribution is 6.40. The number of hydrogen-bond donors (Lipinski definition) is 3. The Morgan fingerprint density at radius 3 is 2.15 bits per heavy atom. The van der Waals surface area contributed by atoms with Gasteiger partial charge in [0.1, 0.15) is 5.71 Å². The number of hydrazone groups is 1. The van der Waals surface area contributed by atoms with Crippen LogP contribution >= 0.6 is 0 Å². The number of aliphatic imine (C=N–C) groups is 1. The Kier molecular flexibility index (Phi) is 4.86. The molecule has 2 aromatic carbocycles. The predicted molar refractivity (Wildman–Crippen MR) is 81.6 cm³/mol. The largest absolute Gasteiger partial charge is 0.290 e. The Balaban J connectivity index is 2.13. The fourth-order valence-corrected chi connectivity index (χ4v) is 1.53. The van der Waals surface area contributed by atoms with Crippen LogP contribution in [0.2, 0.25) is 0 Å². The van der Waals surface area contributed by atoms with Gasteiger partial charge in [0.2, 0.25) is 0 Å². The van der Waals surface area contributed by atoms with Crippen molar-refractivity contribution in [2.75, 3.05) is 5.43 Å². The molecule has 0 radical (unpaired) electrons. The summed E-state index contributed by atoms with van der Waals surface area (Å²) in [5.41, 5.74) is 7.11. The smallest absolute Gasteiger partial charge is 0.173 e. The fourth-order valence-electron chi connectivity index (χ4n) is 1.53. The minimum atomic E-state index is 0.291. The van der Waals surface area contributed by atoms with E-state index in [0.717, 1.165) is 11.4 Å². The first kappa shape index (κ1) is 13.8. The maximum Gasteiger partial charge on any atom is 0.173 e. The third-order valence-corrected chi connectivity index (χ3v) is 2.57. The molecule has 0 aliphatic carbocycles. The number of amidine groups is 1. The molecule has 0 aliphatic rings. The van der Waals surface area contributed by atoms with E-state index in [-0.39, 0.29) is 0 Å². The summed E-state index contributed by atoms with van der Waals surface area (Å²) in [6, 6.07) is 18.9. The average Bonchev–Trinajstić information content (AvgIpc) is 2.52. The molecule has 0 unspecified atom stereocenters. The van der Waals surface area contributed by atoms with Crippen LogP contribution in [0.15, 0.2) is 70.8 Å². The number of para-hydroxylation sites is 2. The molecule has 2 rings (SSSR count). The zero-order chi connectivity index (χ0) is 14.2. The van der Waals surface area contributed by atoms with Crippen molar-refractivity contribution in [1.29, 1.82) is 0 Å². The van der Waals surface area contributed by atoms with E-state index in [9.17, 15) is 0 Å². The summed E-state index contributed by atoms with van der Waals surface area (Å²) < 4.78 is 0. The van der Waals surface area contributed by atoms with Gasteiger partial charge in [0.05, 0.1) is 11.4 Å². The van der Waals surface area contributed by atoms with Gasteiger partial charge in [0.25, 0.3) is 0 Å². The minimum Gasteiger partial charge on any atom is -0.290 e. The summed E-state index contributed by atoms with van der Waals surface area (Å²) in [5.74, 6) is 0.291. The van der Waals surface area contributed by atoms with Crippen LogP contribution in [0.3, 0.4) is 0 Å². The van der Waals surface area contributed by atoms with Crippen LogP contribution in [0.5, 0.6) is 0 Å². The van der Waals surface area contributed by atoms with Crippen LogP contribution < -0.4 is 10.9 Å². The quantitative estimate of drug-likeness (QED) is 0.453. The van der Waals surface area contributed by atoms with Crippen molar-refractivity contribution in [3.63, 3.8) is 0 Å². The molecule has 0 aromatic heterocycles. The summed E-state index contributed by atoms with van der Waals surface area (Å²) in [6.07, 6.45) is 0. The van der Waals surface area contributed by atoms with Crippen molar-refractivity contribution in [2.45, 2.75) is 6.92 Å². The molecule has 5 heteroatoms. The number of anilines is 1. The normalized spacial score (nSPS) is 12.1. The Morgan fingerprint density at radius 2 is 1.55 bits per heavy atom. The summed E-state index contributed by atoms with van der Waals surface area (Å²) in [6.45, 7) is 1.75. The Labute approximate surface area is 117 Å². The van der Waals surface area contributed by atoms with Gasteiger partial charge in [0, 0.05) is 0 Å². The lowest BCUT2D eigenvalue weighted by Gasteiger charge is -2.05. The first-order valence-corrected chi connectivity index (χ1v) is 6.19. The number of nitrogens with zero attached hydrogens (tertiary/aromatic N) is 2. The van der Waals surface area contributed by atoms with E-state index in [1.165, 1.54) is 0 Å². The molecule has 0 amide bonds. The van der Waals surface area contributed by atoms with Crippen molar-refractivity contribution in [2.24, 2.45) is 10.1 Å². The van der Waals surface area contributed by atoms with Crippen molar-refractivity contribution >= 4 is 22.9 Å². The van der Waals surface area contributed by atoms with Crippen LogP contribution in [0, 0.1) is 0 Å². The lowest BCUT2D eigenvalue weighted by Crippen LogP contribution is -2.27. The minimum absolute atomic E-state index is 0.291. The molecule has 0 spiro atoms. The fraction of sp³-hybridized carbons (Fsp3) is 0.0667. The molecule has 5 nitrogen and oxygen atoms in total. The number of hydroxylamine groups is 1. The second-order valence-corrected chi connectivity index (χ2v) is 4.08. The Bertz CT molecular complexity index is 594. The van der Waals surface area contributed by atoms with Gasteiger partial charge in [-0.15, -0.1) is 0 Å². The zero-order valence-electron chi connectivity index (χ0n) is 11.1. The molecule has 0 heterocycles. The van der Waals surface area contributed by atoms with Gasteiger partial charge >= 0.3 is 0 Å². The number of hydrogen-bond acceptors (Lipinski definition) is 4. The van der Waals surface area contributed by atoms with Gasteiger partial charge in [0.15, 0.2) is 5.84 Å². The van der Waals surface area contributed by atoms with Gasteiger partial charge in [-0.2, -0.15) is 5.10 Å². The zero-order valence-corrected chi connectivity index (χ0v) is 11.1. The highest BCUT2D eigenvalue weighted by Crippen LogP contribution is 2.10. The maximum atomic E-state index is 9.17. The van der Waals surface area contributed by atoms with E-state index < -0.39 is 0 Å². The second-order valence-electron chi connectivity index (χ2n) is 4.08. The molecule has 0 aliphatic heterocycles. The van der Waals surface area contributed by atoms with Gasteiger partial charge in [-0.05, 0) is 31.2 Å². The average molecular weight is 268 g/mol. The first-order valence-electron chi connectivity index (χ1n) is 6.19. The van der Waals surface area contributed by atoms with Gasteiger partial charge in [-0.3, -0.25) is 16.1 Å². The molecule has 0 fully saturated rings. The standard InChI is InChI=1S/C15H16N4O/c1-12(17-18-14-10-6-3-7-11-14)15(19-20)16-13-8-4-2-5-9-13/h2-11,18,20H,1H3,(H,16,19)/b17-12-. The van der Waals surface area contributed by atoms with Crippen molar-refractivity contribution in [1.82, 2.24) is 5.48 Å². The lowest BCUT2D eigenvalue weighted by atomic mass is 10.3. The first-order chi connectivity index (χ1) is 9.79. The predicted octanol–water partition coefficient (Wildman–Crippen LogP) is 3.18. The van der Waals surface area contributed by atoms with Gasteiger partial charge in [-0.1, -0.05) is 36.4 Å². The topological polar surface area (TPSA) is 69.0 Å². The van der Waals surface area contributed by atoms with Crippen LogP contribution in [-0.4, -0.2) is 16.8 Å². The summed E-state index contributed by atoms with van der Waals surface area (Å²) in [4.78, 5) is 4.27. The van der Waals surface area contributed by atoms with E-state index in [2.05, 4.69) is 21.0 Å². The SMILES string of the molecule is C/C(=N/Nc1ccccc1)C(=Nc1ccccc1)NO. The van der Waals surface area contributed by atoms with Gasteiger partial charge in [-0.25, -0.2) is 4.99 Å². The molecule has 20 heavy (non-hydrogen) atoms. The molecule has 0 saturated carbocycles. The Morgan fingerprint density at radius 1 is 0.950 bits per heavy atom. The number of rotatable bonds is 4. The van der Waals surface area contributed by atoms with Crippen LogP contribution in [-0.2, 0) is 0 Å². The third kappa shape index (κ3) is 3.93. The van der Waals surface area contributed by atoms with Crippen molar-refractivity contribution in [3.8, 4) is 0 Å². The van der Waals surface area contributed by atoms with Crippen molar-refractivity contribution in [3.05, 3.63) is 60.7 Å². The summed E-state index contributed by atoms with van der Waals surface area (Å²) in [5, 5.41) is 13.3. The number of benzene rings is 2. The molecule has 3 N–H and O–H groups in total. The molecule has 102 valence electrons. The summed E-state index contributed by atoms with van der Waals surface area (Å²) in [7, 11) is 0. The molecule has 0 atom stereocenters. The molecule has 0 bridgehead atoms. The molecule has 0 saturated heterocycles.